The van der Waals surface area contributed by atoms with Gasteiger partial charge in [0.25, 0.3) is 0 Å². The molecule has 1 aliphatic heterocycles. The zero-order valence-corrected chi connectivity index (χ0v) is 11.1. The number of fused-ring (bicyclic) bond motifs is 1. The van der Waals surface area contributed by atoms with Crippen LogP contribution in [0.2, 0.25) is 0 Å². The number of hydrogen-bond acceptors (Lipinski definition) is 2. The Hall–Kier alpha value is -0.640. The van der Waals surface area contributed by atoms with Crippen molar-refractivity contribution in [2.24, 2.45) is 0 Å². The minimum Gasteiger partial charge on any atom is -0.305 e. The van der Waals surface area contributed by atoms with Crippen molar-refractivity contribution < 1.29 is 0 Å². The van der Waals surface area contributed by atoms with Gasteiger partial charge >= 0.3 is 0 Å². The van der Waals surface area contributed by atoms with Crippen molar-refractivity contribution in [2.45, 2.75) is 12.5 Å². The van der Waals surface area contributed by atoms with Crippen molar-refractivity contribution in [1.29, 1.82) is 0 Å². The molecule has 1 nitrogen and oxygen atoms in total. The summed E-state index contributed by atoms with van der Waals surface area (Å²) in [7, 11) is 0. The Bertz CT molecular complexity index is 489. The Labute approximate surface area is 108 Å². The molecule has 0 spiro atoms. The minimum atomic E-state index is 0.386. The van der Waals surface area contributed by atoms with Gasteiger partial charge in [-0.2, -0.15) is 0 Å². The van der Waals surface area contributed by atoms with E-state index >= 15 is 0 Å². The molecule has 0 amide bonds. The zero-order chi connectivity index (χ0) is 11.0. The van der Waals surface area contributed by atoms with Crippen molar-refractivity contribution in [3.8, 4) is 0 Å². The van der Waals surface area contributed by atoms with Crippen LogP contribution in [-0.2, 0) is 6.42 Å². The van der Waals surface area contributed by atoms with Crippen LogP contribution in [-0.4, -0.2) is 6.54 Å². The average molecular weight is 294 g/mol. The fraction of sp³-hybridized carbons (Fsp3) is 0.231. The molecule has 1 aliphatic rings. The number of rotatable bonds is 1. The molecule has 1 N–H and O–H groups in total. The lowest BCUT2D eigenvalue weighted by Crippen LogP contribution is -2.29. The van der Waals surface area contributed by atoms with E-state index in [1.807, 2.05) is 11.3 Å². The van der Waals surface area contributed by atoms with Gasteiger partial charge in [-0.15, -0.1) is 11.3 Å². The summed E-state index contributed by atoms with van der Waals surface area (Å²) in [4.78, 5) is 1.48. The Morgan fingerprint density at radius 3 is 2.81 bits per heavy atom. The SMILES string of the molecule is Brc1ccc(C2NCCc3ccsc32)cc1. The molecule has 0 saturated heterocycles. The highest BCUT2D eigenvalue weighted by atomic mass is 79.9. The Balaban J connectivity index is 2.00. The summed E-state index contributed by atoms with van der Waals surface area (Å²) in [6, 6.07) is 11.2. The molecule has 1 atom stereocenters. The highest BCUT2D eigenvalue weighted by Crippen LogP contribution is 2.33. The van der Waals surface area contributed by atoms with Gasteiger partial charge in [0.2, 0.25) is 0 Å². The maximum absolute atomic E-state index is 3.59. The standard InChI is InChI=1S/C13H12BrNS/c14-11-3-1-9(2-4-11)12-13-10(5-7-15-12)6-8-16-13/h1-4,6,8,12,15H,5,7H2. The van der Waals surface area contributed by atoms with Gasteiger partial charge in [-0.3, -0.25) is 0 Å². The monoisotopic (exact) mass is 293 g/mol. The van der Waals surface area contributed by atoms with Crippen molar-refractivity contribution in [3.63, 3.8) is 0 Å². The molecule has 3 heteroatoms. The quantitative estimate of drug-likeness (QED) is 0.844. The summed E-state index contributed by atoms with van der Waals surface area (Å²) in [6.45, 7) is 1.07. The van der Waals surface area contributed by atoms with Gasteiger partial charge < -0.3 is 5.32 Å². The molecule has 16 heavy (non-hydrogen) atoms. The van der Waals surface area contributed by atoms with Crippen LogP contribution in [0.15, 0.2) is 40.2 Å². The normalized spacial score (nSPS) is 19.4. The lowest BCUT2D eigenvalue weighted by Gasteiger charge is -2.24. The molecule has 0 aliphatic carbocycles. The minimum absolute atomic E-state index is 0.386. The van der Waals surface area contributed by atoms with Gasteiger partial charge in [0.1, 0.15) is 0 Å². The van der Waals surface area contributed by atoms with E-state index < -0.39 is 0 Å². The molecular weight excluding hydrogens is 282 g/mol. The Morgan fingerprint density at radius 2 is 2.00 bits per heavy atom. The van der Waals surface area contributed by atoms with Crippen LogP contribution in [0, 0.1) is 0 Å². The third-order valence-electron chi connectivity index (χ3n) is 2.99. The fourth-order valence-electron chi connectivity index (χ4n) is 2.18. The molecule has 2 aromatic rings. The van der Waals surface area contributed by atoms with Crippen LogP contribution in [0.5, 0.6) is 0 Å². The zero-order valence-electron chi connectivity index (χ0n) is 8.74. The Kier molecular flexibility index (Phi) is 2.84. The van der Waals surface area contributed by atoms with Gasteiger partial charge in [-0.1, -0.05) is 28.1 Å². The second-order valence-electron chi connectivity index (χ2n) is 4.00. The third kappa shape index (κ3) is 1.83. The average Bonchev–Trinajstić information content (AvgIpc) is 2.78. The molecule has 0 radical (unpaired) electrons. The van der Waals surface area contributed by atoms with Crippen molar-refractivity contribution in [1.82, 2.24) is 5.32 Å². The molecule has 0 fully saturated rings. The lowest BCUT2D eigenvalue weighted by molar-refractivity contribution is 0.578. The summed E-state index contributed by atoms with van der Waals surface area (Å²) in [5, 5.41) is 5.79. The summed E-state index contributed by atoms with van der Waals surface area (Å²) < 4.78 is 1.14. The summed E-state index contributed by atoms with van der Waals surface area (Å²) in [5.74, 6) is 0. The number of benzene rings is 1. The number of hydrogen-bond donors (Lipinski definition) is 1. The molecule has 82 valence electrons. The molecule has 1 aromatic carbocycles. The van der Waals surface area contributed by atoms with E-state index in [0.29, 0.717) is 6.04 Å². The van der Waals surface area contributed by atoms with Crippen LogP contribution in [0.25, 0.3) is 0 Å². The summed E-state index contributed by atoms with van der Waals surface area (Å²) >= 11 is 5.33. The van der Waals surface area contributed by atoms with Gasteiger partial charge in [0, 0.05) is 15.9 Å². The van der Waals surface area contributed by atoms with E-state index in [9.17, 15) is 0 Å². The highest BCUT2D eigenvalue weighted by Gasteiger charge is 2.21. The largest absolute Gasteiger partial charge is 0.305 e. The molecule has 1 aromatic heterocycles. The van der Waals surface area contributed by atoms with Gasteiger partial charge in [0.15, 0.2) is 0 Å². The molecule has 0 saturated carbocycles. The van der Waals surface area contributed by atoms with E-state index in [1.165, 1.54) is 16.0 Å². The topological polar surface area (TPSA) is 12.0 Å². The number of thiophene rings is 1. The number of halogens is 1. The van der Waals surface area contributed by atoms with Crippen molar-refractivity contribution in [2.75, 3.05) is 6.54 Å². The maximum atomic E-state index is 3.59. The van der Waals surface area contributed by atoms with Gasteiger partial charge in [-0.25, -0.2) is 0 Å². The fourth-order valence-corrected chi connectivity index (χ4v) is 3.50. The van der Waals surface area contributed by atoms with E-state index in [1.54, 1.807) is 0 Å². The van der Waals surface area contributed by atoms with Crippen molar-refractivity contribution >= 4 is 27.3 Å². The third-order valence-corrected chi connectivity index (χ3v) is 4.54. The second kappa shape index (κ2) is 4.32. The van der Waals surface area contributed by atoms with E-state index in [-0.39, 0.29) is 0 Å². The first-order valence-corrected chi connectivity index (χ1v) is 7.07. The molecule has 0 bridgehead atoms. The van der Waals surface area contributed by atoms with Crippen LogP contribution in [0.4, 0.5) is 0 Å². The maximum Gasteiger partial charge on any atom is 0.0673 e. The smallest absolute Gasteiger partial charge is 0.0673 e. The molecular formula is C13H12BrNS. The first-order valence-electron chi connectivity index (χ1n) is 5.40. The predicted octanol–water partition coefficient (Wildman–Crippen LogP) is 3.75. The first-order chi connectivity index (χ1) is 7.84. The van der Waals surface area contributed by atoms with Crippen LogP contribution in [0.3, 0.4) is 0 Å². The second-order valence-corrected chi connectivity index (χ2v) is 5.86. The first kappa shape index (κ1) is 10.5. The summed E-state index contributed by atoms with van der Waals surface area (Å²) in [5.41, 5.74) is 2.86. The Morgan fingerprint density at radius 1 is 1.19 bits per heavy atom. The van der Waals surface area contributed by atoms with E-state index in [0.717, 1.165) is 17.4 Å². The van der Waals surface area contributed by atoms with Crippen LogP contribution in [0.1, 0.15) is 22.0 Å². The van der Waals surface area contributed by atoms with Gasteiger partial charge in [0.05, 0.1) is 6.04 Å². The van der Waals surface area contributed by atoms with Gasteiger partial charge in [-0.05, 0) is 41.1 Å². The lowest BCUT2D eigenvalue weighted by atomic mass is 9.98. The van der Waals surface area contributed by atoms with Crippen LogP contribution >= 0.6 is 27.3 Å². The highest BCUT2D eigenvalue weighted by molar-refractivity contribution is 9.10. The molecule has 1 unspecified atom stereocenters. The molecule has 3 rings (SSSR count). The van der Waals surface area contributed by atoms with Crippen LogP contribution < -0.4 is 5.32 Å². The number of nitrogens with one attached hydrogen (secondary N) is 1. The predicted molar refractivity (Wildman–Crippen MR) is 72.0 cm³/mol. The summed E-state index contributed by atoms with van der Waals surface area (Å²) in [6.07, 6.45) is 1.16. The van der Waals surface area contributed by atoms with Crippen molar-refractivity contribution in [3.05, 3.63) is 56.2 Å². The molecule has 2 heterocycles. The van der Waals surface area contributed by atoms with E-state index in [4.69, 9.17) is 0 Å². The van der Waals surface area contributed by atoms with E-state index in [2.05, 4.69) is 57.0 Å².